The van der Waals surface area contributed by atoms with Crippen molar-refractivity contribution in [2.45, 2.75) is 27.7 Å². The largest absolute Gasteiger partial charge is 0.456 e. The summed E-state index contributed by atoms with van der Waals surface area (Å²) in [5.74, 6) is -7.24. The molecule has 0 fully saturated rings. The van der Waals surface area contributed by atoms with Gasteiger partial charge in [0.2, 0.25) is 17.4 Å². The van der Waals surface area contributed by atoms with E-state index in [1.165, 1.54) is 6.92 Å². The summed E-state index contributed by atoms with van der Waals surface area (Å²) in [5.41, 5.74) is -0.723. The molecule has 1 rings (SSSR count). The summed E-state index contributed by atoms with van der Waals surface area (Å²) >= 11 is 0. The first-order chi connectivity index (χ1) is 7.86. The molecule has 0 bridgehead atoms. The van der Waals surface area contributed by atoms with E-state index in [0.717, 1.165) is 6.92 Å². The van der Waals surface area contributed by atoms with Crippen LogP contribution in [0.15, 0.2) is 12.3 Å². The molecule has 1 aromatic carbocycles. The van der Waals surface area contributed by atoms with Gasteiger partial charge in [-0.25, -0.2) is 8.78 Å². The van der Waals surface area contributed by atoms with Gasteiger partial charge < -0.3 is 4.74 Å². The van der Waals surface area contributed by atoms with Crippen molar-refractivity contribution < 1.29 is 22.3 Å². The van der Waals surface area contributed by atoms with Crippen molar-refractivity contribution in [2.75, 3.05) is 0 Å². The highest BCUT2D eigenvalue weighted by Crippen LogP contribution is 2.30. The quantitative estimate of drug-likeness (QED) is 0.427. The lowest BCUT2D eigenvalue weighted by atomic mass is 10.2. The molecule has 0 saturated heterocycles. The molecule has 0 radical (unpaired) electrons. The molecule has 0 unspecified atom stereocenters. The molecule has 0 aromatic heterocycles. The van der Waals surface area contributed by atoms with E-state index in [2.05, 4.69) is 11.3 Å². The van der Waals surface area contributed by atoms with Gasteiger partial charge >= 0.3 is 0 Å². The monoisotopic (exact) mass is 250 g/mol. The van der Waals surface area contributed by atoms with Crippen molar-refractivity contribution in [1.29, 1.82) is 0 Å². The third-order valence-corrected chi connectivity index (χ3v) is 1.72. The van der Waals surface area contributed by atoms with Crippen LogP contribution in [0, 0.1) is 30.2 Å². The maximum absolute atomic E-state index is 13.1. The first-order valence-corrected chi connectivity index (χ1v) is 5.02. The summed E-state index contributed by atoms with van der Waals surface area (Å²) in [5, 5.41) is 0. The Bertz CT molecular complexity index is 398. The van der Waals surface area contributed by atoms with E-state index in [0.29, 0.717) is 0 Å². The minimum atomic E-state index is -1.56. The molecular formula is C12H14F4O. The minimum Gasteiger partial charge on any atom is -0.456 e. The van der Waals surface area contributed by atoms with Crippen LogP contribution in [0.25, 0.3) is 0 Å². The first-order valence-electron chi connectivity index (χ1n) is 5.02. The average molecular weight is 250 g/mol. The predicted molar refractivity (Wildman–Crippen MR) is 57.8 cm³/mol. The highest BCUT2D eigenvalue weighted by atomic mass is 19.2. The Hall–Kier alpha value is -1.52. The number of benzene rings is 1. The number of ether oxygens (including phenoxy) is 1. The second kappa shape index (κ2) is 6.27. The Kier molecular flexibility index (Phi) is 5.71. The van der Waals surface area contributed by atoms with Gasteiger partial charge in [-0.1, -0.05) is 20.4 Å². The molecule has 1 nitrogen and oxygen atoms in total. The number of halogens is 4. The zero-order valence-corrected chi connectivity index (χ0v) is 10.1. The summed E-state index contributed by atoms with van der Waals surface area (Å²) in [7, 11) is 0. The maximum atomic E-state index is 13.1. The molecule has 0 atom stereocenters. The van der Waals surface area contributed by atoms with Crippen molar-refractivity contribution in [3.63, 3.8) is 0 Å². The van der Waals surface area contributed by atoms with E-state index >= 15 is 0 Å². The standard InChI is InChI=1S/C10H8F4O.C2H6/c1-4(2)15-10-8(13)6(11)5(3)7(12)9(10)14;1-2/h1H2,2-3H3;1-2H3. The second-order valence-electron chi connectivity index (χ2n) is 3.01. The zero-order chi connectivity index (χ0) is 13.7. The molecule has 17 heavy (non-hydrogen) atoms. The van der Waals surface area contributed by atoms with Crippen molar-refractivity contribution in [3.8, 4) is 5.75 Å². The lowest BCUT2D eigenvalue weighted by Gasteiger charge is -2.10. The molecular weight excluding hydrogens is 236 g/mol. The van der Waals surface area contributed by atoms with Crippen LogP contribution in [0.2, 0.25) is 0 Å². The average Bonchev–Trinajstić information content (AvgIpc) is 2.32. The summed E-state index contributed by atoms with van der Waals surface area (Å²) in [4.78, 5) is 0. The summed E-state index contributed by atoms with van der Waals surface area (Å²) in [6.45, 7) is 9.45. The van der Waals surface area contributed by atoms with Crippen LogP contribution >= 0.6 is 0 Å². The van der Waals surface area contributed by atoms with Crippen LogP contribution in [0.3, 0.4) is 0 Å². The number of allylic oxidation sites excluding steroid dienone is 1. The van der Waals surface area contributed by atoms with Gasteiger partial charge in [-0.2, -0.15) is 8.78 Å². The molecule has 0 aliphatic rings. The smallest absolute Gasteiger partial charge is 0.204 e. The molecule has 96 valence electrons. The van der Waals surface area contributed by atoms with Gasteiger partial charge in [0.25, 0.3) is 0 Å². The fourth-order valence-corrected chi connectivity index (χ4v) is 0.985. The van der Waals surface area contributed by atoms with Crippen molar-refractivity contribution in [1.82, 2.24) is 0 Å². The van der Waals surface area contributed by atoms with Crippen molar-refractivity contribution in [3.05, 3.63) is 41.2 Å². The van der Waals surface area contributed by atoms with Crippen molar-refractivity contribution >= 4 is 0 Å². The molecule has 0 aliphatic heterocycles. The van der Waals surface area contributed by atoms with E-state index in [1.54, 1.807) is 0 Å². The third kappa shape index (κ3) is 3.22. The summed E-state index contributed by atoms with van der Waals surface area (Å²) in [6, 6.07) is 0. The Morgan fingerprint density at radius 2 is 1.29 bits per heavy atom. The molecule has 0 spiro atoms. The molecule has 1 aromatic rings. The minimum absolute atomic E-state index is 0.0737. The van der Waals surface area contributed by atoms with E-state index in [1.807, 2.05) is 13.8 Å². The lowest BCUT2D eigenvalue weighted by molar-refractivity contribution is 0.340. The Morgan fingerprint density at radius 1 is 0.941 bits per heavy atom. The van der Waals surface area contributed by atoms with Crippen molar-refractivity contribution in [2.24, 2.45) is 0 Å². The normalized spacial score (nSPS) is 9.41. The zero-order valence-electron chi connectivity index (χ0n) is 10.1. The number of hydrogen-bond acceptors (Lipinski definition) is 1. The third-order valence-electron chi connectivity index (χ3n) is 1.72. The van der Waals surface area contributed by atoms with E-state index in [9.17, 15) is 17.6 Å². The number of hydrogen-bond donors (Lipinski definition) is 0. The van der Waals surface area contributed by atoms with Gasteiger partial charge in [-0.15, -0.1) is 0 Å². The van der Waals surface area contributed by atoms with E-state index in [-0.39, 0.29) is 5.76 Å². The van der Waals surface area contributed by atoms with Crippen LogP contribution in [-0.2, 0) is 0 Å². The van der Waals surface area contributed by atoms with Gasteiger partial charge in [0.05, 0.1) is 5.76 Å². The SMILES string of the molecule is C=C(C)Oc1c(F)c(F)c(C)c(F)c1F.CC. The van der Waals surface area contributed by atoms with Crippen LogP contribution in [0.4, 0.5) is 17.6 Å². The predicted octanol–water partition coefficient (Wildman–Crippen LogP) is 4.49. The van der Waals surface area contributed by atoms with Gasteiger partial charge in [-0.3, -0.25) is 0 Å². The Morgan fingerprint density at radius 3 is 1.59 bits per heavy atom. The highest BCUT2D eigenvalue weighted by Gasteiger charge is 2.24. The number of rotatable bonds is 2. The van der Waals surface area contributed by atoms with Gasteiger partial charge in [-0.05, 0) is 13.8 Å². The lowest BCUT2D eigenvalue weighted by Crippen LogP contribution is -2.04. The fraction of sp³-hybridized carbons (Fsp3) is 0.333. The van der Waals surface area contributed by atoms with Crippen LogP contribution in [0.1, 0.15) is 26.3 Å². The summed E-state index contributed by atoms with van der Waals surface area (Å²) < 4.78 is 56.7. The topological polar surface area (TPSA) is 9.23 Å². The molecule has 0 amide bonds. The maximum Gasteiger partial charge on any atom is 0.204 e. The molecule has 0 saturated carbocycles. The highest BCUT2D eigenvalue weighted by molar-refractivity contribution is 5.34. The van der Waals surface area contributed by atoms with Gasteiger partial charge in [0, 0.05) is 5.56 Å². The van der Waals surface area contributed by atoms with Crippen LogP contribution < -0.4 is 4.74 Å². The van der Waals surface area contributed by atoms with E-state index in [4.69, 9.17) is 0 Å². The molecule has 0 heterocycles. The van der Waals surface area contributed by atoms with Gasteiger partial charge in [0.1, 0.15) is 0 Å². The molecule has 0 aliphatic carbocycles. The molecule has 0 N–H and O–H groups in total. The first kappa shape index (κ1) is 15.5. The second-order valence-corrected chi connectivity index (χ2v) is 3.01. The molecule has 5 heteroatoms. The van der Waals surface area contributed by atoms with Crippen LogP contribution in [0.5, 0.6) is 5.75 Å². The van der Waals surface area contributed by atoms with Crippen LogP contribution in [-0.4, -0.2) is 0 Å². The van der Waals surface area contributed by atoms with E-state index < -0.39 is 34.6 Å². The Balaban J connectivity index is 0.00000121. The summed E-state index contributed by atoms with van der Waals surface area (Å²) in [6.07, 6.45) is 0. The van der Waals surface area contributed by atoms with Gasteiger partial charge in [0.15, 0.2) is 11.6 Å². The fourth-order valence-electron chi connectivity index (χ4n) is 0.985. The Labute approximate surface area is 97.7 Å².